The van der Waals surface area contributed by atoms with Gasteiger partial charge in [-0.2, -0.15) is 0 Å². The zero-order valence-electron chi connectivity index (χ0n) is 12.8. The van der Waals surface area contributed by atoms with E-state index >= 15 is 0 Å². The van der Waals surface area contributed by atoms with Crippen molar-refractivity contribution in [2.24, 2.45) is 0 Å². The minimum Gasteiger partial charge on any atom is -0.465 e. The van der Waals surface area contributed by atoms with Crippen LogP contribution in [-0.2, 0) is 4.74 Å². The number of carbonyl (C=O) groups excluding carboxylic acids is 2. The van der Waals surface area contributed by atoms with Crippen molar-refractivity contribution in [1.29, 1.82) is 0 Å². The molecule has 1 heterocycles. The highest BCUT2D eigenvalue weighted by atomic mass is 16.5. The zero-order chi connectivity index (χ0) is 15.4. The number of esters is 1. The van der Waals surface area contributed by atoms with Crippen LogP contribution in [0.5, 0.6) is 0 Å². The molecule has 1 aliphatic rings. The van der Waals surface area contributed by atoms with E-state index in [9.17, 15) is 9.59 Å². The molecule has 0 aliphatic carbocycles. The molecule has 1 aromatic rings. The van der Waals surface area contributed by atoms with E-state index in [0.29, 0.717) is 17.2 Å². The Morgan fingerprint density at radius 3 is 2.38 bits per heavy atom. The third-order valence-electron chi connectivity index (χ3n) is 4.01. The van der Waals surface area contributed by atoms with E-state index in [0.717, 1.165) is 25.9 Å². The summed E-state index contributed by atoms with van der Waals surface area (Å²) in [5.41, 5.74) is 0.952. The van der Waals surface area contributed by atoms with Crippen molar-refractivity contribution in [3.8, 4) is 0 Å². The van der Waals surface area contributed by atoms with Gasteiger partial charge in [0, 0.05) is 24.7 Å². The van der Waals surface area contributed by atoms with Gasteiger partial charge in [-0.3, -0.25) is 4.79 Å². The molecule has 1 amide bonds. The first-order valence-corrected chi connectivity index (χ1v) is 7.17. The maximum Gasteiger partial charge on any atom is 0.337 e. The second-order valence-electron chi connectivity index (χ2n) is 5.56. The summed E-state index contributed by atoms with van der Waals surface area (Å²) in [6, 6.07) is 7.25. The van der Waals surface area contributed by atoms with Crippen LogP contribution in [0.3, 0.4) is 0 Å². The molecule has 0 saturated carbocycles. The molecule has 0 bridgehead atoms. The van der Waals surface area contributed by atoms with Crippen molar-refractivity contribution in [3.63, 3.8) is 0 Å². The van der Waals surface area contributed by atoms with Gasteiger partial charge in [0.2, 0.25) is 0 Å². The van der Waals surface area contributed by atoms with Gasteiger partial charge in [-0.25, -0.2) is 4.79 Å². The Hall–Kier alpha value is -1.88. The Morgan fingerprint density at radius 2 is 1.81 bits per heavy atom. The molecule has 5 heteroatoms. The van der Waals surface area contributed by atoms with Gasteiger partial charge in [0.05, 0.1) is 12.7 Å². The van der Waals surface area contributed by atoms with Crippen molar-refractivity contribution >= 4 is 11.9 Å². The molecule has 5 nitrogen and oxygen atoms in total. The first kappa shape index (κ1) is 15.5. The molecule has 1 fully saturated rings. The van der Waals surface area contributed by atoms with Crippen molar-refractivity contribution < 1.29 is 14.3 Å². The molecule has 0 unspecified atom stereocenters. The Bertz CT molecular complexity index is 520. The SMILES string of the molecule is COC(=O)c1cccc(C(=O)N2CCC(N(C)C)CC2)c1. The molecule has 0 atom stereocenters. The molecule has 1 saturated heterocycles. The van der Waals surface area contributed by atoms with Gasteiger partial charge in [-0.1, -0.05) is 6.07 Å². The van der Waals surface area contributed by atoms with Gasteiger partial charge in [0.1, 0.15) is 0 Å². The summed E-state index contributed by atoms with van der Waals surface area (Å²) in [5.74, 6) is -0.436. The normalized spacial score (nSPS) is 16.1. The summed E-state index contributed by atoms with van der Waals surface area (Å²) in [6.07, 6.45) is 1.96. The lowest BCUT2D eigenvalue weighted by molar-refractivity contribution is 0.0600. The summed E-state index contributed by atoms with van der Waals surface area (Å²) in [6.45, 7) is 1.51. The van der Waals surface area contributed by atoms with Gasteiger partial charge in [0.15, 0.2) is 0 Å². The Morgan fingerprint density at radius 1 is 1.19 bits per heavy atom. The van der Waals surface area contributed by atoms with Crippen LogP contribution in [0, 0.1) is 0 Å². The highest BCUT2D eigenvalue weighted by Gasteiger charge is 2.24. The molecule has 114 valence electrons. The van der Waals surface area contributed by atoms with Crippen molar-refractivity contribution in [1.82, 2.24) is 9.80 Å². The quantitative estimate of drug-likeness (QED) is 0.794. The molecule has 21 heavy (non-hydrogen) atoms. The molecular weight excluding hydrogens is 268 g/mol. The number of nitrogens with zero attached hydrogens (tertiary/aromatic N) is 2. The fourth-order valence-electron chi connectivity index (χ4n) is 2.66. The Labute approximate surface area is 125 Å². The second kappa shape index (κ2) is 6.72. The predicted molar refractivity (Wildman–Crippen MR) is 80.4 cm³/mol. The summed E-state index contributed by atoms with van der Waals surface area (Å²) >= 11 is 0. The molecule has 1 aliphatic heterocycles. The number of benzene rings is 1. The third kappa shape index (κ3) is 3.61. The molecule has 0 radical (unpaired) electrons. The minimum atomic E-state index is -0.420. The van der Waals surface area contributed by atoms with E-state index in [1.54, 1.807) is 24.3 Å². The third-order valence-corrected chi connectivity index (χ3v) is 4.01. The fourth-order valence-corrected chi connectivity index (χ4v) is 2.66. The number of piperidine rings is 1. The standard InChI is InChI=1S/C16H22N2O3/c1-17(2)14-7-9-18(10-8-14)15(19)12-5-4-6-13(11-12)16(20)21-3/h4-6,11,14H,7-10H2,1-3H3. The summed E-state index contributed by atoms with van der Waals surface area (Å²) in [7, 11) is 5.48. The van der Waals surface area contributed by atoms with E-state index in [-0.39, 0.29) is 5.91 Å². The van der Waals surface area contributed by atoms with Gasteiger partial charge in [0.25, 0.3) is 5.91 Å². The first-order chi connectivity index (χ1) is 10.0. The number of rotatable bonds is 3. The summed E-state index contributed by atoms with van der Waals surface area (Å²) in [5, 5.41) is 0. The van der Waals surface area contributed by atoms with Crippen molar-refractivity contribution in [3.05, 3.63) is 35.4 Å². The Kier molecular flexibility index (Phi) is 4.96. The Balaban J connectivity index is 2.06. The second-order valence-corrected chi connectivity index (χ2v) is 5.56. The summed E-state index contributed by atoms with van der Waals surface area (Å²) in [4.78, 5) is 28.1. The number of amides is 1. The molecule has 2 rings (SSSR count). The number of carbonyl (C=O) groups is 2. The van der Waals surface area contributed by atoms with Gasteiger partial charge >= 0.3 is 5.97 Å². The van der Waals surface area contributed by atoms with Gasteiger partial charge < -0.3 is 14.5 Å². The minimum absolute atomic E-state index is 0.0158. The van der Waals surface area contributed by atoms with Crippen LogP contribution in [0.2, 0.25) is 0 Å². The highest BCUT2D eigenvalue weighted by molar-refractivity contribution is 5.97. The first-order valence-electron chi connectivity index (χ1n) is 7.17. The largest absolute Gasteiger partial charge is 0.465 e. The van der Waals surface area contributed by atoms with Gasteiger partial charge in [-0.05, 0) is 45.1 Å². The van der Waals surface area contributed by atoms with Crippen LogP contribution >= 0.6 is 0 Å². The number of methoxy groups -OCH3 is 1. The van der Waals surface area contributed by atoms with Crippen LogP contribution in [0.1, 0.15) is 33.6 Å². The van der Waals surface area contributed by atoms with E-state index in [1.165, 1.54) is 7.11 Å². The van der Waals surface area contributed by atoms with E-state index in [1.807, 2.05) is 4.90 Å². The van der Waals surface area contributed by atoms with E-state index in [4.69, 9.17) is 0 Å². The molecule has 1 aromatic carbocycles. The fraction of sp³-hybridized carbons (Fsp3) is 0.500. The smallest absolute Gasteiger partial charge is 0.337 e. The van der Waals surface area contributed by atoms with E-state index in [2.05, 4.69) is 23.7 Å². The van der Waals surface area contributed by atoms with E-state index < -0.39 is 5.97 Å². The lowest BCUT2D eigenvalue weighted by Crippen LogP contribution is -2.44. The van der Waals surface area contributed by atoms with Crippen LogP contribution < -0.4 is 0 Å². The lowest BCUT2D eigenvalue weighted by Gasteiger charge is -2.35. The maximum atomic E-state index is 12.5. The highest BCUT2D eigenvalue weighted by Crippen LogP contribution is 2.17. The van der Waals surface area contributed by atoms with Gasteiger partial charge in [-0.15, -0.1) is 0 Å². The average Bonchev–Trinajstić information content (AvgIpc) is 2.53. The van der Waals surface area contributed by atoms with Crippen LogP contribution in [0.15, 0.2) is 24.3 Å². The van der Waals surface area contributed by atoms with Crippen LogP contribution in [0.25, 0.3) is 0 Å². The molecular formula is C16H22N2O3. The molecule has 0 N–H and O–H groups in total. The monoisotopic (exact) mass is 290 g/mol. The number of likely N-dealkylation sites (tertiary alicyclic amines) is 1. The number of hydrogen-bond acceptors (Lipinski definition) is 4. The topological polar surface area (TPSA) is 49.9 Å². The molecule has 0 spiro atoms. The van der Waals surface area contributed by atoms with Crippen LogP contribution in [0.4, 0.5) is 0 Å². The molecule has 0 aromatic heterocycles. The lowest BCUT2D eigenvalue weighted by atomic mass is 10.0. The summed E-state index contributed by atoms with van der Waals surface area (Å²) < 4.78 is 4.69. The average molecular weight is 290 g/mol. The van der Waals surface area contributed by atoms with Crippen LogP contribution in [-0.4, -0.2) is 62.0 Å². The number of ether oxygens (including phenoxy) is 1. The van der Waals surface area contributed by atoms with Crippen molar-refractivity contribution in [2.45, 2.75) is 18.9 Å². The maximum absolute atomic E-state index is 12.5. The number of hydrogen-bond donors (Lipinski definition) is 0. The van der Waals surface area contributed by atoms with Crippen molar-refractivity contribution in [2.75, 3.05) is 34.3 Å². The predicted octanol–water partition coefficient (Wildman–Crippen LogP) is 1.64. The zero-order valence-corrected chi connectivity index (χ0v) is 12.8.